The van der Waals surface area contributed by atoms with Gasteiger partial charge in [0.25, 0.3) is 0 Å². The summed E-state index contributed by atoms with van der Waals surface area (Å²) in [4.78, 5) is 0. The lowest BCUT2D eigenvalue weighted by atomic mass is 10.0. The lowest BCUT2D eigenvalue weighted by molar-refractivity contribution is 0.489. The Morgan fingerprint density at radius 2 is 2.00 bits per heavy atom. The van der Waals surface area contributed by atoms with Gasteiger partial charge >= 0.3 is 0 Å². The molecule has 0 nitrogen and oxygen atoms in total. The molecule has 0 aliphatic heterocycles. The third-order valence-electron chi connectivity index (χ3n) is 2.48. The fourth-order valence-electron chi connectivity index (χ4n) is 1.83. The van der Waals surface area contributed by atoms with E-state index in [0.29, 0.717) is 5.38 Å². The highest BCUT2D eigenvalue weighted by Gasteiger charge is 2.21. The second kappa shape index (κ2) is 4.23. The van der Waals surface area contributed by atoms with Crippen molar-refractivity contribution in [2.45, 2.75) is 50.8 Å². The Balaban J connectivity index is 2.18. The van der Waals surface area contributed by atoms with Crippen molar-refractivity contribution in [3.63, 3.8) is 0 Å². The molecule has 0 aromatic carbocycles. The third-order valence-corrected chi connectivity index (χ3v) is 3.05. The first-order chi connectivity index (χ1) is 4.84. The first-order valence-corrected chi connectivity index (χ1v) is 4.92. The lowest BCUT2D eigenvalue weighted by Crippen LogP contribution is -2.10. The van der Waals surface area contributed by atoms with E-state index in [2.05, 4.69) is 6.92 Å². The van der Waals surface area contributed by atoms with Gasteiger partial charge in [-0.05, 0) is 25.2 Å². The fraction of sp³-hybridized carbons (Fsp3) is 1.00. The normalized spacial score (nSPS) is 23.4. The minimum atomic E-state index is 0.479. The largest absolute Gasteiger partial charge is 0.123 e. The second-order valence-electron chi connectivity index (χ2n) is 3.35. The van der Waals surface area contributed by atoms with E-state index in [9.17, 15) is 0 Å². The molecule has 10 heavy (non-hydrogen) atoms. The first-order valence-electron chi connectivity index (χ1n) is 4.48. The van der Waals surface area contributed by atoms with Gasteiger partial charge < -0.3 is 0 Å². The van der Waals surface area contributed by atoms with E-state index in [-0.39, 0.29) is 0 Å². The van der Waals surface area contributed by atoms with E-state index in [4.69, 9.17) is 11.6 Å². The Labute approximate surface area is 69.0 Å². The van der Waals surface area contributed by atoms with Crippen molar-refractivity contribution >= 4 is 11.6 Å². The summed E-state index contributed by atoms with van der Waals surface area (Å²) in [6.45, 7) is 2.21. The minimum Gasteiger partial charge on any atom is -0.123 e. The summed E-state index contributed by atoms with van der Waals surface area (Å²) >= 11 is 6.19. The zero-order valence-corrected chi connectivity index (χ0v) is 7.53. The lowest BCUT2D eigenvalue weighted by Gasteiger charge is -2.14. The zero-order chi connectivity index (χ0) is 7.40. The van der Waals surface area contributed by atoms with Crippen LogP contribution in [0.15, 0.2) is 0 Å². The molecule has 1 rings (SSSR count). The molecular formula is C9H17Cl. The van der Waals surface area contributed by atoms with Crippen molar-refractivity contribution in [3.8, 4) is 0 Å². The van der Waals surface area contributed by atoms with Crippen LogP contribution in [0.1, 0.15) is 45.4 Å². The summed E-state index contributed by atoms with van der Waals surface area (Å²) in [6, 6.07) is 0. The van der Waals surface area contributed by atoms with E-state index in [1.165, 1.54) is 38.5 Å². The molecule has 0 aromatic rings. The second-order valence-corrected chi connectivity index (χ2v) is 3.91. The Morgan fingerprint density at radius 3 is 2.50 bits per heavy atom. The SMILES string of the molecule is CCCC(Cl)C1CCCC1. The van der Waals surface area contributed by atoms with Gasteiger partial charge in [-0.15, -0.1) is 11.6 Å². The number of alkyl halides is 1. The van der Waals surface area contributed by atoms with Crippen LogP contribution in [-0.2, 0) is 0 Å². The quantitative estimate of drug-likeness (QED) is 0.554. The molecule has 1 aliphatic rings. The fourth-order valence-corrected chi connectivity index (χ4v) is 2.30. The van der Waals surface area contributed by atoms with Gasteiger partial charge in [-0.3, -0.25) is 0 Å². The molecule has 0 bridgehead atoms. The van der Waals surface area contributed by atoms with Crippen molar-refractivity contribution < 1.29 is 0 Å². The molecule has 0 radical (unpaired) electrons. The summed E-state index contributed by atoms with van der Waals surface area (Å²) in [5.74, 6) is 0.849. The number of halogens is 1. The van der Waals surface area contributed by atoms with Crippen molar-refractivity contribution in [3.05, 3.63) is 0 Å². The van der Waals surface area contributed by atoms with Crippen LogP contribution in [0.3, 0.4) is 0 Å². The molecule has 0 heterocycles. The van der Waals surface area contributed by atoms with Crippen molar-refractivity contribution in [1.82, 2.24) is 0 Å². The number of hydrogen-bond donors (Lipinski definition) is 0. The van der Waals surface area contributed by atoms with E-state index >= 15 is 0 Å². The maximum absolute atomic E-state index is 6.19. The van der Waals surface area contributed by atoms with Gasteiger partial charge in [0.15, 0.2) is 0 Å². The Bertz CT molecular complexity index is 84.7. The average molecular weight is 161 g/mol. The molecule has 1 heteroatoms. The standard InChI is InChI=1S/C9H17Cl/c1-2-5-9(10)8-6-3-4-7-8/h8-9H,2-7H2,1H3. The highest BCUT2D eigenvalue weighted by Crippen LogP contribution is 2.32. The zero-order valence-electron chi connectivity index (χ0n) is 6.78. The van der Waals surface area contributed by atoms with E-state index in [1.807, 2.05) is 0 Å². The average Bonchev–Trinajstić information content (AvgIpc) is 2.38. The van der Waals surface area contributed by atoms with Crippen LogP contribution in [0, 0.1) is 5.92 Å². The predicted molar refractivity (Wildman–Crippen MR) is 46.5 cm³/mol. The molecule has 0 N–H and O–H groups in total. The minimum absolute atomic E-state index is 0.479. The predicted octanol–water partition coefficient (Wildman–Crippen LogP) is 3.58. The van der Waals surface area contributed by atoms with Crippen LogP contribution in [0.25, 0.3) is 0 Å². The molecule has 1 saturated carbocycles. The van der Waals surface area contributed by atoms with Crippen LogP contribution in [0.4, 0.5) is 0 Å². The van der Waals surface area contributed by atoms with E-state index < -0.39 is 0 Å². The molecule has 1 unspecified atom stereocenters. The van der Waals surface area contributed by atoms with Crippen molar-refractivity contribution in [1.29, 1.82) is 0 Å². The number of rotatable bonds is 3. The van der Waals surface area contributed by atoms with Crippen LogP contribution < -0.4 is 0 Å². The van der Waals surface area contributed by atoms with Crippen molar-refractivity contribution in [2.75, 3.05) is 0 Å². The molecule has 0 spiro atoms. The molecule has 0 amide bonds. The summed E-state index contributed by atoms with van der Waals surface area (Å²) in [5, 5.41) is 0.479. The van der Waals surface area contributed by atoms with Gasteiger partial charge in [-0.25, -0.2) is 0 Å². The van der Waals surface area contributed by atoms with Crippen LogP contribution in [0.2, 0.25) is 0 Å². The molecule has 1 atom stereocenters. The number of hydrogen-bond acceptors (Lipinski definition) is 0. The van der Waals surface area contributed by atoms with Gasteiger partial charge in [0.2, 0.25) is 0 Å². The topological polar surface area (TPSA) is 0 Å². The summed E-state index contributed by atoms with van der Waals surface area (Å²) in [5.41, 5.74) is 0. The van der Waals surface area contributed by atoms with Gasteiger partial charge in [-0.1, -0.05) is 26.2 Å². The molecule has 60 valence electrons. The molecule has 1 aliphatic carbocycles. The Hall–Kier alpha value is 0.290. The van der Waals surface area contributed by atoms with E-state index in [1.54, 1.807) is 0 Å². The third kappa shape index (κ3) is 2.16. The molecule has 0 saturated heterocycles. The maximum atomic E-state index is 6.19. The summed E-state index contributed by atoms with van der Waals surface area (Å²) in [6.07, 6.45) is 8.05. The monoisotopic (exact) mass is 160 g/mol. The van der Waals surface area contributed by atoms with Gasteiger partial charge in [-0.2, -0.15) is 0 Å². The van der Waals surface area contributed by atoms with Gasteiger partial charge in [0.1, 0.15) is 0 Å². The molecule has 0 aromatic heterocycles. The Kier molecular flexibility index (Phi) is 3.55. The van der Waals surface area contributed by atoms with Crippen LogP contribution >= 0.6 is 11.6 Å². The Morgan fingerprint density at radius 1 is 1.40 bits per heavy atom. The summed E-state index contributed by atoms with van der Waals surface area (Å²) < 4.78 is 0. The maximum Gasteiger partial charge on any atom is 0.0364 e. The summed E-state index contributed by atoms with van der Waals surface area (Å²) in [7, 11) is 0. The highest BCUT2D eigenvalue weighted by molar-refractivity contribution is 6.20. The molecular weight excluding hydrogens is 144 g/mol. The van der Waals surface area contributed by atoms with Crippen LogP contribution in [-0.4, -0.2) is 5.38 Å². The van der Waals surface area contributed by atoms with Crippen LogP contribution in [0.5, 0.6) is 0 Å². The highest BCUT2D eigenvalue weighted by atomic mass is 35.5. The smallest absolute Gasteiger partial charge is 0.0364 e. The van der Waals surface area contributed by atoms with Gasteiger partial charge in [0, 0.05) is 5.38 Å². The van der Waals surface area contributed by atoms with Gasteiger partial charge in [0.05, 0.1) is 0 Å². The first kappa shape index (κ1) is 8.39. The molecule has 1 fully saturated rings. The van der Waals surface area contributed by atoms with Crippen molar-refractivity contribution in [2.24, 2.45) is 5.92 Å². The van der Waals surface area contributed by atoms with E-state index in [0.717, 1.165) is 5.92 Å².